The van der Waals surface area contributed by atoms with Crippen molar-refractivity contribution < 1.29 is 14.0 Å². The Labute approximate surface area is 183 Å². The topological polar surface area (TPSA) is 79.3 Å². The summed E-state index contributed by atoms with van der Waals surface area (Å²) < 4.78 is 15.5. The molecule has 2 aromatic rings. The number of carbonyl (C=O) groups is 2. The van der Waals surface area contributed by atoms with E-state index in [2.05, 4.69) is 20.5 Å². The first-order valence-electron chi connectivity index (χ1n) is 10.7. The Morgan fingerprint density at radius 1 is 1.19 bits per heavy atom. The lowest BCUT2D eigenvalue weighted by Gasteiger charge is -2.25. The summed E-state index contributed by atoms with van der Waals surface area (Å²) in [5, 5.41) is 5.53. The number of fused-ring (bicyclic) bond motifs is 1. The van der Waals surface area contributed by atoms with Crippen LogP contribution in [0.4, 0.5) is 4.39 Å². The summed E-state index contributed by atoms with van der Waals surface area (Å²) >= 11 is 0. The number of rotatable bonds is 5. The highest BCUT2D eigenvalue weighted by atomic mass is 19.1. The van der Waals surface area contributed by atoms with E-state index in [1.165, 1.54) is 12.1 Å². The minimum atomic E-state index is -0.660. The number of benzene rings is 1. The van der Waals surface area contributed by atoms with Crippen molar-refractivity contribution in [3.05, 3.63) is 41.5 Å². The molecule has 0 saturated carbocycles. The van der Waals surface area contributed by atoms with Crippen LogP contribution in [0.25, 0.3) is 11.4 Å². The molecule has 8 heteroatoms. The third kappa shape index (κ3) is 5.50. The Balaban J connectivity index is 2.00. The second-order valence-electron chi connectivity index (χ2n) is 9.39. The summed E-state index contributed by atoms with van der Waals surface area (Å²) in [6.07, 6.45) is 1.42. The van der Waals surface area contributed by atoms with Gasteiger partial charge in [-0.15, -0.1) is 0 Å². The molecule has 0 aliphatic carbocycles. The van der Waals surface area contributed by atoms with E-state index in [4.69, 9.17) is 0 Å². The Morgan fingerprint density at radius 2 is 1.87 bits per heavy atom. The SMILES string of the molecule is CNC(=O)[C@H](CC(C)(C)C)NC(=O)c1nc(-c2ccc(F)cc2)n2c1CN(C)CCC2. The van der Waals surface area contributed by atoms with Gasteiger partial charge in [0.05, 0.1) is 5.69 Å². The molecule has 0 spiro atoms. The predicted molar refractivity (Wildman–Crippen MR) is 118 cm³/mol. The molecule has 1 aromatic carbocycles. The number of imidazole rings is 1. The minimum Gasteiger partial charge on any atom is -0.357 e. The van der Waals surface area contributed by atoms with Crippen LogP contribution in [0.2, 0.25) is 0 Å². The molecular weight excluding hydrogens is 397 g/mol. The molecule has 0 bridgehead atoms. The molecule has 3 rings (SSSR count). The molecule has 1 aliphatic heterocycles. The molecule has 1 atom stereocenters. The van der Waals surface area contributed by atoms with Gasteiger partial charge in [0.1, 0.15) is 17.7 Å². The molecule has 0 unspecified atom stereocenters. The molecule has 7 nitrogen and oxygen atoms in total. The van der Waals surface area contributed by atoms with E-state index in [0.29, 0.717) is 31.0 Å². The van der Waals surface area contributed by atoms with Crippen molar-refractivity contribution in [1.29, 1.82) is 0 Å². The van der Waals surface area contributed by atoms with Gasteiger partial charge in [-0.3, -0.25) is 9.59 Å². The maximum Gasteiger partial charge on any atom is 0.272 e. The van der Waals surface area contributed by atoms with E-state index < -0.39 is 6.04 Å². The Hall–Kier alpha value is -2.74. The summed E-state index contributed by atoms with van der Waals surface area (Å²) in [7, 11) is 3.57. The summed E-state index contributed by atoms with van der Waals surface area (Å²) in [5.41, 5.74) is 1.73. The normalized spacial score (nSPS) is 15.7. The fourth-order valence-corrected chi connectivity index (χ4v) is 3.94. The number of nitrogens with one attached hydrogen (secondary N) is 2. The van der Waals surface area contributed by atoms with Gasteiger partial charge in [0.25, 0.3) is 5.91 Å². The van der Waals surface area contributed by atoms with Gasteiger partial charge in [-0.1, -0.05) is 20.8 Å². The third-order valence-electron chi connectivity index (χ3n) is 5.42. The number of amides is 2. The molecule has 1 aliphatic rings. The number of halogens is 1. The standard InChI is InChI=1S/C23H32FN5O2/c1-23(2,3)13-17(21(30)25-4)26-22(31)19-18-14-28(5)11-6-12-29(18)20(27-19)15-7-9-16(24)10-8-15/h7-10,17H,6,11-14H2,1-5H3,(H,25,30)(H,26,31)/t17-/m0/s1. The Kier molecular flexibility index (Phi) is 6.79. The van der Waals surface area contributed by atoms with Crippen molar-refractivity contribution >= 4 is 11.8 Å². The van der Waals surface area contributed by atoms with Gasteiger partial charge >= 0.3 is 0 Å². The monoisotopic (exact) mass is 429 g/mol. The van der Waals surface area contributed by atoms with E-state index in [0.717, 1.165) is 24.2 Å². The van der Waals surface area contributed by atoms with Crippen LogP contribution in [0.3, 0.4) is 0 Å². The second-order valence-corrected chi connectivity index (χ2v) is 9.39. The maximum absolute atomic E-state index is 13.4. The Bertz CT molecular complexity index is 946. The van der Waals surface area contributed by atoms with Crippen molar-refractivity contribution in [3.8, 4) is 11.4 Å². The zero-order valence-electron chi connectivity index (χ0n) is 19.0. The van der Waals surface area contributed by atoms with Gasteiger partial charge in [-0.05, 0) is 56.1 Å². The molecular formula is C23H32FN5O2. The van der Waals surface area contributed by atoms with Crippen LogP contribution in [-0.4, -0.2) is 52.9 Å². The van der Waals surface area contributed by atoms with Gasteiger partial charge < -0.3 is 20.1 Å². The van der Waals surface area contributed by atoms with E-state index in [1.807, 2.05) is 32.4 Å². The average Bonchev–Trinajstić information content (AvgIpc) is 2.93. The molecule has 1 aromatic heterocycles. The first kappa shape index (κ1) is 22.9. The zero-order valence-corrected chi connectivity index (χ0v) is 19.0. The highest BCUT2D eigenvalue weighted by Crippen LogP contribution is 2.27. The lowest BCUT2D eigenvalue weighted by atomic mass is 9.87. The van der Waals surface area contributed by atoms with Crippen molar-refractivity contribution in [2.45, 2.75) is 52.7 Å². The smallest absolute Gasteiger partial charge is 0.272 e. The quantitative estimate of drug-likeness (QED) is 0.766. The minimum absolute atomic E-state index is 0.144. The summed E-state index contributed by atoms with van der Waals surface area (Å²) in [4.78, 5) is 32.5. The van der Waals surface area contributed by atoms with Crippen molar-refractivity contribution in [2.75, 3.05) is 20.6 Å². The third-order valence-corrected chi connectivity index (χ3v) is 5.42. The molecule has 0 saturated heterocycles. The predicted octanol–water partition coefficient (Wildman–Crippen LogP) is 2.81. The molecule has 168 valence electrons. The number of likely N-dealkylation sites (N-methyl/N-ethyl adjacent to an activating group) is 1. The second kappa shape index (κ2) is 9.18. The van der Waals surface area contributed by atoms with Crippen LogP contribution in [0.1, 0.15) is 49.8 Å². The molecule has 2 N–H and O–H groups in total. The number of hydrogen-bond donors (Lipinski definition) is 2. The van der Waals surface area contributed by atoms with Gasteiger partial charge in [-0.25, -0.2) is 9.37 Å². The molecule has 31 heavy (non-hydrogen) atoms. The highest BCUT2D eigenvalue weighted by Gasteiger charge is 2.30. The molecule has 2 amide bonds. The largest absolute Gasteiger partial charge is 0.357 e. The van der Waals surface area contributed by atoms with E-state index >= 15 is 0 Å². The van der Waals surface area contributed by atoms with E-state index in [-0.39, 0.29) is 23.0 Å². The van der Waals surface area contributed by atoms with Crippen LogP contribution in [-0.2, 0) is 17.9 Å². The number of hydrogen-bond acceptors (Lipinski definition) is 4. The van der Waals surface area contributed by atoms with Crippen LogP contribution in [0.5, 0.6) is 0 Å². The van der Waals surface area contributed by atoms with E-state index in [1.54, 1.807) is 19.2 Å². The van der Waals surface area contributed by atoms with Crippen molar-refractivity contribution in [2.24, 2.45) is 5.41 Å². The lowest BCUT2D eigenvalue weighted by Crippen LogP contribution is -2.47. The van der Waals surface area contributed by atoms with Gasteiger partial charge in [0.2, 0.25) is 5.91 Å². The number of aromatic nitrogens is 2. The Morgan fingerprint density at radius 3 is 2.48 bits per heavy atom. The van der Waals surface area contributed by atoms with Crippen molar-refractivity contribution in [3.63, 3.8) is 0 Å². The van der Waals surface area contributed by atoms with Crippen LogP contribution in [0.15, 0.2) is 24.3 Å². The van der Waals surface area contributed by atoms with Gasteiger partial charge in [0, 0.05) is 25.7 Å². The number of nitrogens with zero attached hydrogens (tertiary/aromatic N) is 3. The zero-order chi connectivity index (χ0) is 22.8. The summed E-state index contributed by atoms with van der Waals surface area (Å²) in [6.45, 7) is 8.27. The first-order chi connectivity index (χ1) is 14.6. The van der Waals surface area contributed by atoms with E-state index in [9.17, 15) is 14.0 Å². The molecule has 0 radical (unpaired) electrons. The fraction of sp³-hybridized carbons (Fsp3) is 0.522. The summed E-state index contributed by atoms with van der Waals surface area (Å²) in [5.74, 6) is -0.280. The first-order valence-corrected chi connectivity index (χ1v) is 10.7. The van der Waals surface area contributed by atoms with Crippen molar-refractivity contribution in [1.82, 2.24) is 25.1 Å². The molecule has 0 fully saturated rings. The average molecular weight is 430 g/mol. The van der Waals surface area contributed by atoms with Gasteiger partial charge in [0.15, 0.2) is 5.69 Å². The maximum atomic E-state index is 13.4. The van der Waals surface area contributed by atoms with Crippen LogP contribution in [0, 0.1) is 11.2 Å². The number of carbonyl (C=O) groups excluding carboxylic acids is 2. The molecule has 2 heterocycles. The fourth-order valence-electron chi connectivity index (χ4n) is 3.94. The van der Waals surface area contributed by atoms with Gasteiger partial charge in [-0.2, -0.15) is 0 Å². The lowest BCUT2D eigenvalue weighted by molar-refractivity contribution is -0.123. The van der Waals surface area contributed by atoms with Crippen LogP contribution < -0.4 is 10.6 Å². The highest BCUT2D eigenvalue weighted by molar-refractivity contribution is 5.97. The van der Waals surface area contributed by atoms with Crippen LogP contribution >= 0.6 is 0 Å². The summed E-state index contributed by atoms with van der Waals surface area (Å²) in [6, 6.07) is 5.48.